The lowest BCUT2D eigenvalue weighted by molar-refractivity contribution is 0.550. The van der Waals surface area contributed by atoms with Gasteiger partial charge in [0.25, 0.3) is 0 Å². The first kappa shape index (κ1) is 16.2. The first-order valence-corrected chi connectivity index (χ1v) is 8.45. The molecule has 3 rings (SSSR count). The Morgan fingerprint density at radius 1 is 1.12 bits per heavy atom. The van der Waals surface area contributed by atoms with Gasteiger partial charge in [-0.3, -0.25) is 4.99 Å². The maximum Gasteiger partial charge on any atom is 0.191 e. The minimum Gasteiger partial charge on any atom is -0.461 e. The molecule has 0 atom stereocenters. The molecule has 0 fully saturated rings. The van der Waals surface area contributed by atoms with Gasteiger partial charge >= 0.3 is 0 Å². The minimum absolute atomic E-state index is 0.693. The summed E-state index contributed by atoms with van der Waals surface area (Å²) in [5.41, 5.74) is 0.938. The summed E-state index contributed by atoms with van der Waals surface area (Å²) in [6.07, 6.45) is 4.92. The second-order valence-corrected chi connectivity index (χ2v) is 5.61. The number of aromatic nitrogens is 1. The molecule has 3 aromatic rings. The first-order chi connectivity index (χ1) is 11.8. The highest BCUT2D eigenvalue weighted by molar-refractivity contribution is 5.80. The number of nitrogens with zero attached hydrogens (tertiary/aromatic N) is 2. The second kappa shape index (κ2) is 8.24. The van der Waals surface area contributed by atoms with Crippen LogP contribution >= 0.6 is 0 Å². The number of hydrogen-bond acceptors (Lipinski definition) is 2. The Bertz CT molecular complexity index is 741. The number of benzene rings is 1. The van der Waals surface area contributed by atoms with Crippen molar-refractivity contribution >= 4 is 16.9 Å². The lowest BCUT2D eigenvalue weighted by Crippen LogP contribution is -2.39. The number of para-hydroxylation sites is 1. The third-order valence-corrected chi connectivity index (χ3v) is 3.78. The maximum atomic E-state index is 5.83. The van der Waals surface area contributed by atoms with Gasteiger partial charge in [-0.25, -0.2) is 0 Å². The van der Waals surface area contributed by atoms with Gasteiger partial charge in [0, 0.05) is 50.4 Å². The van der Waals surface area contributed by atoms with Crippen LogP contribution in [0.25, 0.3) is 11.0 Å². The second-order valence-electron chi connectivity index (χ2n) is 5.61. The minimum atomic E-state index is 0.693. The number of hydrogen-bond donors (Lipinski definition) is 2. The Morgan fingerprint density at radius 3 is 2.75 bits per heavy atom. The van der Waals surface area contributed by atoms with Gasteiger partial charge in [0.05, 0.1) is 0 Å². The molecule has 2 N–H and O–H groups in total. The Labute approximate surface area is 142 Å². The van der Waals surface area contributed by atoms with Crippen molar-refractivity contribution in [2.75, 3.05) is 19.6 Å². The summed E-state index contributed by atoms with van der Waals surface area (Å²) in [6.45, 7) is 5.37. The Morgan fingerprint density at radius 2 is 1.96 bits per heavy atom. The molecule has 126 valence electrons. The van der Waals surface area contributed by atoms with Crippen molar-refractivity contribution in [1.29, 1.82) is 0 Å². The highest BCUT2D eigenvalue weighted by Gasteiger charge is 2.03. The number of nitrogens with one attached hydrogen (secondary N) is 2. The monoisotopic (exact) mass is 324 g/mol. The van der Waals surface area contributed by atoms with E-state index in [0.717, 1.165) is 48.7 Å². The van der Waals surface area contributed by atoms with Crippen molar-refractivity contribution in [2.45, 2.75) is 19.9 Å². The SMILES string of the molecule is CCNC(=NCCc1cc2ccccc2o1)NCCn1cccc1. The zero-order valence-electron chi connectivity index (χ0n) is 14.0. The van der Waals surface area contributed by atoms with E-state index in [9.17, 15) is 0 Å². The molecule has 0 radical (unpaired) electrons. The third-order valence-electron chi connectivity index (χ3n) is 3.78. The average molecular weight is 324 g/mol. The van der Waals surface area contributed by atoms with Gasteiger partial charge in [-0.2, -0.15) is 0 Å². The zero-order valence-corrected chi connectivity index (χ0v) is 14.0. The van der Waals surface area contributed by atoms with Gasteiger partial charge < -0.3 is 19.6 Å². The summed E-state index contributed by atoms with van der Waals surface area (Å²) >= 11 is 0. The molecular formula is C19H24N4O. The van der Waals surface area contributed by atoms with Crippen molar-refractivity contribution in [2.24, 2.45) is 4.99 Å². The molecule has 0 saturated heterocycles. The molecular weight excluding hydrogens is 300 g/mol. The molecule has 5 nitrogen and oxygen atoms in total. The Hall–Kier alpha value is -2.69. The van der Waals surface area contributed by atoms with Gasteiger partial charge in [-0.15, -0.1) is 0 Å². The van der Waals surface area contributed by atoms with E-state index in [4.69, 9.17) is 4.42 Å². The van der Waals surface area contributed by atoms with E-state index in [2.05, 4.69) is 51.6 Å². The van der Waals surface area contributed by atoms with Gasteiger partial charge in [-0.05, 0) is 31.2 Å². The first-order valence-electron chi connectivity index (χ1n) is 8.45. The molecule has 5 heteroatoms. The Balaban J connectivity index is 1.51. The summed E-state index contributed by atoms with van der Waals surface area (Å²) in [5.74, 6) is 1.82. The van der Waals surface area contributed by atoms with E-state index in [-0.39, 0.29) is 0 Å². The van der Waals surface area contributed by atoms with Crippen molar-refractivity contribution in [3.8, 4) is 0 Å². The fraction of sp³-hybridized carbons (Fsp3) is 0.316. The fourth-order valence-corrected chi connectivity index (χ4v) is 2.60. The van der Waals surface area contributed by atoms with Gasteiger partial charge in [0.2, 0.25) is 0 Å². The largest absolute Gasteiger partial charge is 0.461 e. The highest BCUT2D eigenvalue weighted by Crippen LogP contribution is 2.18. The van der Waals surface area contributed by atoms with Crippen LogP contribution in [0.15, 0.2) is 64.3 Å². The molecule has 0 spiro atoms. The number of guanidine groups is 1. The van der Waals surface area contributed by atoms with Crippen molar-refractivity contribution < 1.29 is 4.42 Å². The van der Waals surface area contributed by atoms with E-state index in [1.54, 1.807) is 0 Å². The number of fused-ring (bicyclic) bond motifs is 1. The molecule has 2 heterocycles. The normalized spacial score (nSPS) is 11.8. The van der Waals surface area contributed by atoms with Gasteiger partial charge in [0.15, 0.2) is 5.96 Å². The van der Waals surface area contributed by atoms with Crippen LogP contribution in [0.2, 0.25) is 0 Å². The summed E-state index contributed by atoms with van der Waals surface area (Å²) < 4.78 is 7.97. The van der Waals surface area contributed by atoms with E-state index in [1.165, 1.54) is 0 Å². The average Bonchev–Trinajstić information content (AvgIpc) is 3.23. The predicted molar refractivity (Wildman–Crippen MR) is 98.3 cm³/mol. The van der Waals surface area contributed by atoms with E-state index in [0.29, 0.717) is 6.54 Å². The van der Waals surface area contributed by atoms with Crippen LogP contribution in [-0.2, 0) is 13.0 Å². The molecule has 0 unspecified atom stereocenters. The topological polar surface area (TPSA) is 54.5 Å². The van der Waals surface area contributed by atoms with Crippen LogP contribution < -0.4 is 10.6 Å². The smallest absolute Gasteiger partial charge is 0.191 e. The Kier molecular flexibility index (Phi) is 5.56. The van der Waals surface area contributed by atoms with E-state index >= 15 is 0 Å². The summed E-state index contributed by atoms with van der Waals surface area (Å²) in [4.78, 5) is 4.62. The molecule has 1 aromatic carbocycles. The summed E-state index contributed by atoms with van der Waals surface area (Å²) in [6, 6.07) is 14.2. The van der Waals surface area contributed by atoms with Crippen LogP contribution in [0.1, 0.15) is 12.7 Å². The third kappa shape index (κ3) is 4.41. The molecule has 24 heavy (non-hydrogen) atoms. The lowest BCUT2D eigenvalue weighted by Gasteiger charge is -2.11. The molecule has 0 aliphatic carbocycles. The van der Waals surface area contributed by atoms with Gasteiger partial charge in [-0.1, -0.05) is 18.2 Å². The van der Waals surface area contributed by atoms with Crippen LogP contribution in [0, 0.1) is 0 Å². The molecule has 0 aliphatic heterocycles. The molecule has 2 aromatic heterocycles. The summed E-state index contributed by atoms with van der Waals surface area (Å²) in [5, 5.41) is 7.78. The number of aliphatic imine (C=N–C) groups is 1. The molecule has 0 amide bonds. The molecule has 0 bridgehead atoms. The van der Waals surface area contributed by atoms with E-state index in [1.807, 2.05) is 30.3 Å². The summed E-state index contributed by atoms with van der Waals surface area (Å²) in [7, 11) is 0. The molecule has 0 aliphatic rings. The maximum absolute atomic E-state index is 5.83. The number of rotatable bonds is 7. The standard InChI is InChI=1S/C19H24N4O/c1-2-20-19(22-11-14-23-12-5-6-13-23)21-10-9-17-15-16-7-3-4-8-18(16)24-17/h3-8,12-13,15H,2,9-11,14H2,1H3,(H2,20,21,22). The lowest BCUT2D eigenvalue weighted by atomic mass is 10.2. The predicted octanol–water partition coefficient (Wildman–Crippen LogP) is 3.03. The van der Waals surface area contributed by atoms with E-state index < -0.39 is 0 Å². The van der Waals surface area contributed by atoms with Crippen LogP contribution in [0.4, 0.5) is 0 Å². The number of furan rings is 1. The molecule has 0 saturated carbocycles. The highest BCUT2D eigenvalue weighted by atomic mass is 16.3. The van der Waals surface area contributed by atoms with Gasteiger partial charge in [0.1, 0.15) is 11.3 Å². The zero-order chi connectivity index (χ0) is 16.6. The van der Waals surface area contributed by atoms with Crippen LogP contribution in [0.3, 0.4) is 0 Å². The quantitative estimate of drug-likeness (QED) is 0.519. The van der Waals surface area contributed by atoms with Crippen molar-refractivity contribution in [1.82, 2.24) is 15.2 Å². The van der Waals surface area contributed by atoms with Crippen LogP contribution in [0.5, 0.6) is 0 Å². The van der Waals surface area contributed by atoms with Crippen molar-refractivity contribution in [3.63, 3.8) is 0 Å². The fourth-order valence-electron chi connectivity index (χ4n) is 2.60. The van der Waals surface area contributed by atoms with Crippen molar-refractivity contribution in [3.05, 3.63) is 60.6 Å². The van der Waals surface area contributed by atoms with Crippen LogP contribution in [-0.4, -0.2) is 30.2 Å².